The predicted molar refractivity (Wildman–Crippen MR) is 148 cm³/mol. The molecule has 0 saturated carbocycles. The van der Waals surface area contributed by atoms with Crippen molar-refractivity contribution in [3.8, 4) is 11.5 Å². The van der Waals surface area contributed by atoms with Gasteiger partial charge in [0.1, 0.15) is 0 Å². The first-order valence-electron chi connectivity index (χ1n) is 13.4. The Morgan fingerprint density at radius 2 is 1.80 bits per heavy atom. The monoisotopic (exact) mass is 535 g/mol. The number of likely N-dealkylation sites (tertiary alicyclic amines) is 1. The Morgan fingerprint density at radius 3 is 2.55 bits per heavy atom. The maximum absolute atomic E-state index is 13.8. The molecule has 0 radical (unpaired) electrons. The summed E-state index contributed by atoms with van der Waals surface area (Å²) in [5, 5.41) is 9.98. The van der Waals surface area contributed by atoms with Gasteiger partial charge >= 0.3 is 0 Å². The van der Waals surface area contributed by atoms with Crippen LogP contribution in [0.3, 0.4) is 0 Å². The molecular formula is C33H29NO6. The molecule has 0 aromatic heterocycles. The van der Waals surface area contributed by atoms with Crippen LogP contribution in [0.1, 0.15) is 30.9 Å². The summed E-state index contributed by atoms with van der Waals surface area (Å²) in [4.78, 5) is 55.2. The molecule has 0 spiro atoms. The topological polar surface area (TPSA) is 101 Å². The first-order valence-corrected chi connectivity index (χ1v) is 13.4. The lowest BCUT2D eigenvalue weighted by molar-refractivity contribution is -0.140. The number of aromatic hydroxyl groups is 1. The molecule has 4 aliphatic rings. The van der Waals surface area contributed by atoms with Gasteiger partial charge in [0.25, 0.3) is 0 Å². The number of methoxy groups -OCH3 is 1. The van der Waals surface area contributed by atoms with Gasteiger partial charge in [0.2, 0.25) is 11.8 Å². The van der Waals surface area contributed by atoms with Crippen LogP contribution >= 0.6 is 0 Å². The van der Waals surface area contributed by atoms with Crippen LogP contribution in [0, 0.1) is 23.7 Å². The minimum atomic E-state index is -0.580. The lowest BCUT2D eigenvalue weighted by Gasteiger charge is -2.41. The van der Waals surface area contributed by atoms with Crippen LogP contribution < -0.4 is 4.74 Å². The van der Waals surface area contributed by atoms with Gasteiger partial charge in [-0.15, -0.1) is 0 Å². The summed E-state index contributed by atoms with van der Waals surface area (Å²) in [6, 6.07) is 14.4. The standard InChI is InChI=1S/C33H29NO6/c1-18-14-27(36)29-22(10-8-19-9-13-26(35)28(15-19)40-2)21-11-12-23-30(24(21)16-25(29)31(18)37)33(39)34(32(23)38)17-20-6-4-3-5-7-20/h3-11,13-15,22-24,30,35H,12,16-17H2,1-2H3/t22-,23-,24+,30-/m0/s1. The molecule has 3 aliphatic carbocycles. The van der Waals surface area contributed by atoms with E-state index in [0.29, 0.717) is 28.9 Å². The maximum atomic E-state index is 13.8. The molecule has 2 aromatic carbocycles. The Hall–Kier alpha value is -4.52. The van der Waals surface area contributed by atoms with E-state index < -0.39 is 17.8 Å². The quantitative estimate of drug-likeness (QED) is 0.342. The Bertz CT molecular complexity index is 1580. The summed E-state index contributed by atoms with van der Waals surface area (Å²) in [6.45, 7) is 1.85. The summed E-state index contributed by atoms with van der Waals surface area (Å²) >= 11 is 0. The molecule has 40 heavy (non-hydrogen) atoms. The van der Waals surface area contributed by atoms with Crippen LogP contribution in [0.2, 0.25) is 0 Å². The first kappa shape index (κ1) is 25.7. The van der Waals surface area contributed by atoms with Crippen molar-refractivity contribution < 1.29 is 29.0 Å². The summed E-state index contributed by atoms with van der Waals surface area (Å²) in [5.41, 5.74) is 3.79. The predicted octanol–water partition coefficient (Wildman–Crippen LogP) is 4.58. The van der Waals surface area contributed by atoms with Crippen LogP contribution in [0.15, 0.2) is 89.1 Å². The first-order chi connectivity index (χ1) is 19.3. The number of amides is 2. The number of benzene rings is 2. The number of allylic oxidation sites excluding steroid dienone is 7. The molecule has 4 atom stereocenters. The van der Waals surface area contributed by atoms with Gasteiger partial charge in [0.15, 0.2) is 23.1 Å². The Kier molecular flexibility index (Phi) is 6.37. The second-order valence-electron chi connectivity index (χ2n) is 10.8. The Morgan fingerprint density at radius 1 is 1.02 bits per heavy atom. The second kappa shape index (κ2) is 9.90. The summed E-state index contributed by atoms with van der Waals surface area (Å²) in [6.07, 6.45) is 7.77. The average Bonchev–Trinajstić information content (AvgIpc) is 3.20. The molecule has 0 bridgehead atoms. The van der Waals surface area contributed by atoms with E-state index in [1.807, 2.05) is 48.6 Å². The van der Waals surface area contributed by atoms with Gasteiger partial charge in [-0.1, -0.05) is 60.2 Å². The van der Waals surface area contributed by atoms with E-state index in [1.165, 1.54) is 24.2 Å². The van der Waals surface area contributed by atoms with E-state index in [-0.39, 0.29) is 48.0 Å². The van der Waals surface area contributed by atoms with E-state index in [1.54, 1.807) is 19.1 Å². The highest BCUT2D eigenvalue weighted by Gasteiger charge is 2.55. The van der Waals surface area contributed by atoms with Crippen LogP contribution in [0.5, 0.6) is 11.5 Å². The molecule has 2 amide bonds. The lowest BCUT2D eigenvalue weighted by atomic mass is 9.60. The molecule has 7 nitrogen and oxygen atoms in total. The van der Waals surface area contributed by atoms with E-state index >= 15 is 0 Å². The molecule has 6 rings (SSSR count). The fraction of sp³-hybridized carbons (Fsp3) is 0.273. The number of carbonyl (C=O) groups excluding carboxylic acids is 4. The van der Waals surface area contributed by atoms with Crippen LogP contribution in [-0.4, -0.2) is 40.5 Å². The molecule has 2 aromatic rings. The number of hydrogen-bond donors (Lipinski definition) is 1. The smallest absolute Gasteiger partial charge is 0.234 e. The van der Waals surface area contributed by atoms with E-state index in [2.05, 4.69) is 0 Å². The summed E-state index contributed by atoms with van der Waals surface area (Å²) < 4.78 is 5.23. The van der Waals surface area contributed by atoms with Crippen molar-refractivity contribution in [1.29, 1.82) is 0 Å². The molecule has 7 heteroatoms. The summed E-state index contributed by atoms with van der Waals surface area (Å²) in [7, 11) is 1.47. The molecule has 0 unspecified atom stereocenters. The Labute approximate surface area is 232 Å². The minimum absolute atomic E-state index is 0.0153. The largest absolute Gasteiger partial charge is 0.504 e. The fourth-order valence-electron chi connectivity index (χ4n) is 6.65. The highest BCUT2D eigenvalue weighted by Crippen LogP contribution is 2.52. The van der Waals surface area contributed by atoms with Crippen molar-refractivity contribution in [1.82, 2.24) is 4.90 Å². The van der Waals surface area contributed by atoms with Gasteiger partial charge < -0.3 is 9.84 Å². The number of imide groups is 1. The van der Waals surface area contributed by atoms with Crippen molar-refractivity contribution in [3.63, 3.8) is 0 Å². The van der Waals surface area contributed by atoms with Crippen molar-refractivity contribution in [2.75, 3.05) is 7.11 Å². The van der Waals surface area contributed by atoms with Gasteiger partial charge in [-0.05, 0) is 55.0 Å². The van der Waals surface area contributed by atoms with E-state index in [0.717, 1.165) is 16.7 Å². The fourth-order valence-corrected chi connectivity index (χ4v) is 6.65. The van der Waals surface area contributed by atoms with Crippen molar-refractivity contribution in [2.24, 2.45) is 23.7 Å². The number of phenolic OH excluding ortho intramolecular Hbond substituents is 1. The maximum Gasteiger partial charge on any atom is 0.234 e. The van der Waals surface area contributed by atoms with Crippen molar-refractivity contribution >= 4 is 29.5 Å². The Balaban J connectivity index is 1.39. The van der Waals surface area contributed by atoms with Crippen LogP contribution in [-0.2, 0) is 25.7 Å². The SMILES string of the molecule is COc1cc(C=C[C@H]2C3=CC[C@@H]4C(=O)N(Cc5ccccc5)C(=O)[C@@H]4[C@@H]3CC3=C2C(=O)C=C(C)C3=O)ccc1O. The van der Waals surface area contributed by atoms with Crippen molar-refractivity contribution in [3.05, 3.63) is 100 Å². The van der Waals surface area contributed by atoms with Gasteiger partial charge in [0, 0.05) is 22.6 Å². The minimum Gasteiger partial charge on any atom is -0.504 e. The molecule has 1 N–H and O–H groups in total. The number of rotatable bonds is 5. The number of Topliss-reactive ketones (excluding diaryl/α,β-unsaturated/α-hetero) is 1. The molecule has 1 saturated heterocycles. The third-order valence-electron chi connectivity index (χ3n) is 8.57. The highest BCUT2D eigenvalue weighted by molar-refractivity contribution is 6.23. The molecule has 1 heterocycles. The second-order valence-corrected chi connectivity index (χ2v) is 10.8. The van der Waals surface area contributed by atoms with Crippen LogP contribution in [0.25, 0.3) is 6.08 Å². The summed E-state index contributed by atoms with van der Waals surface area (Å²) in [5.74, 6) is -2.38. The molecule has 1 fully saturated rings. The number of hydrogen-bond acceptors (Lipinski definition) is 6. The highest BCUT2D eigenvalue weighted by atomic mass is 16.5. The van der Waals surface area contributed by atoms with Gasteiger partial charge in [-0.3, -0.25) is 24.1 Å². The number of carbonyl (C=O) groups is 4. The average molecular weight is 536 g/mol. The van der Waals surface area contributed by atoms with E-state index in [4.69, 9.17) is 4.74 Å². The zero-order chi connectivity index (χ0) is 28.1. The third-order valence-corrected chi connectivity index (χ3v) is 8.57. The number of ketones is 2. The third kappa shape index (κ3) is 4.13. The van der Waals surface area contributed by atoms with Gasteiger partial charge in [-0.2, -0.15) is 0 Å². The zero-order valence-electron chi connectivity index (χ0n) is 22.3. The normalized spacial score (nSPS) is 26.0. The van der Waals surface area contributed by atoms with Gasteiger partial charge in [-0.25, -0.2) is 0 Å². The molecule has 202 valence electrons. The lowest BCUT2D eigenvalue weighted by Crippen LogP contribution is -2.40. The molecular weight excluding hydrogens is 506 g/mol. The van der Waals surface area contributed by atoms with E-state index in [9.17, 15) is 24.3 Å². The number of phenols is 1. The number of nitrogens with zero attached hydrogens (tertiary/aromatic N) is 1. The van der Waals surface area contributed by atoms with Gasteiger partial charge in [0.05, 0.1) is 25.5 Å². The number of fused-ring (bicyclic) bond motifs is 3. The number of ether oxygens (including phenoxy) is 1. The van der Waals surface area contributed by atoms with Crippen molar-refractivity contribution in [2.45, 2.75) is 26.3 Å². The zero-order valence-corrected chi connectivity index (χ0v) is 22.3. The van der Waals surface area contributed by atoms with Crippen LogP contribution in [0.4, 0.5) is 0 Å². The molecule has 1 aliphatic heterocycles.